The van der Waals surface area contributed by atoms with Gasteiger partial charge in [-0.2, -0.15) is 0 Å². The van der Waals surface area contributed by atoms with Crippen molar-refractivity contribution in [1.29, 1.82) is 0 Å². The zero-order valence-electron chi connectivity index (χ0n) is 66.4. The molecule has 19 N–H and O–H groups in total. The number of methoxy groups -OCH3 is 1. The van der Waals surface area contributed by atoms with E-state index in [1.54, 1.807) is 36.4 Å². The van der Waals surface area contributed by atoms with Crippen LogP contribution < -0.4 is 69.1 Å². The summed E-state index contributed by atoms with van der Waals surface area (Å²) < 4.78 is 10.7. The van der Waals surface area contributed by atoms with Gasteiger partial charge in [0.2, 0.25) is 82.7 Å². The van der Waals surface area contributed by atoms with E-state index in [9.17, 15) is 83.4 Å². The number of aliphatic hydroxyl groups is 2. The van der Waals surface area contributed by atoms with Crippen LogP contribution in [0.25, 0.3) is 0 Å². The number of benzene rings is 5. The van der Waals surface area contributed by atoms with Crippen LogP contribution in [0.15, 0.2) is 133 Å². The minimum absolute atomic E-state index is 0.0859. The monoisotopic (exact) mass is 1680 g/mol. The number of carboxylic acids is 1. The zero-order valence-corrected chi connectivity index (χ0v) is 66.4. The minimum atomic E-state index is -2.33. The van der Waals surface area contributed by atoms with Crippen LogP contribution in [-0.2, 0) is 123 Å². The first kappa shape index (κ1) is 92.9. The molecule has 0 unspecified atom stereocenters. The third kappa shape index (κ3) is 28.6. The molecule has 121 heavy (non-hydrogen) atoms. The molecule has 39 heteroatoms. The number of rotatable bonds is 23. The molecule has 0 aliphatic carbocycles. The van der Waals surface area contributed by atoms with Crippen molar-refractivity contribution in [1.82, 2.24) is 74.0 Å². The van der Waals surface area contributed by atoms with Gasteiger partial charge in [-0.1, -0.05) is 97.1 Å². The van der Waals surface area contributed by atoms with Crippen molar-refractivity contribution >= 4 is 101 Å². The summed E-state index contributed by atoms with van der Waals surface area (Å²) in [6.45, 7) is -0.810. The van der Waals surface area contributed by atoms with Crippen molar-refractivity contribution in [2.45, 2.75) is 188 Å². The maximum Gasteiger partial charge on any atom is 0.326 e. The molecule has 3 heterocycles. The molecular formula is C82H100N14O25. The van der Waals surface area contributed by atoms with Crippen LogP contribution in [-0.4, -0.2) is 254 Å². The molecule has 0 spiro atoms. The van der Waals surface area contributed by atoms with E-state index in [0.717, 1.165) is 25.9 Å². The topological polar surface area (TPSA) is 590 Å². The Kier molecular flexibility index (Phi) is 34.8. The van der Waals surface area contributed by atoms with Crippen LogP contribution >= 0.6 is 0 Å². The summed E-state index contributed by atoms with van der Waals surface area (Å²) in [5, 5.41) is 94.7. The molecule has 0 aromatic heterocycles. The average Bonchev–Trinajstić information content (AvgIpc) is 1.76. The van der Waals surface area contributed by atoms with E-state index in [2.05, 4.69) is 69.1 Å². The van der Waals surface area contributed by atoms with Gasteiger partial charge in [0.15, 0.2) is 0 Å². The predicted octanol–water partition coefficient (Wildman–Crippen LogP) is -3.81. The molecule has 3 aliphatic rings. The number of hydrogen-bond acceptors (Lipinski definition) is 24. The number of carboxylic acid groups (broad SMARTS) is 1. The van der Waals surface area contributed by atoms with Crippen molar-refractivity contribution < 1.29 is 122 Å². The Morgan fingerprint density at radius 1 is 0.504 bits per heavy atom. The number of phenols is 3. The van der Waals surface area contributed by atoms with Gasteiger partial charge in [-0.15, -0.1) is 0 Å². The van der Waals surface area contributed by atoms with Crippen molar-refractivity contribution in [3.8, 4) is 17.2 Å². The number of ether oxygens (including phenoxy) is 2. The molecule has 8 rings (SSSR count). The molecular weight excluding hydrogens is 1580 g/mol. The third-order valence-electron chi connectivity index (χ3n) is 20.1. The first-order valence-electron chi connectivity index (χ1n) is 39.1. The number of carbonyl (C=O) groups is 17. The van der Waals surface area contributed by atoms with E-state index >= 15 is 28.8 Å². The first-order chi connectivity index (χ1) is 57.8. The highest BCUT2D eigenvalue weighted by Gasteiger charge is 2.43. The lowest BCUT2D eigenvalue weighted by Crippen LogP contribution is -2.63. The number of aliphatic hydroxyl groups excluding tert-OH is 2. The number of carbonyl (C=O) groups excluding carboxylic acids is 16. The van der Waals surface area contributed by atoms with Gasteiger partial charge in [-0.25, -0.2) is 4.79 Å². The Labute approximate surface area is 693 Å². The van der Waals surface area contributed by atoms with Gasteiger partial charge < -0.3 is 114 Å². The van der Waals surface area contributed by atoms with Gasteiger partial charge in [0.1, 0.15) is 102 Å². The zero-order chi connectivity index (χ0) is 88.0. The number of hydrogen-bond donors (Lipinski definition) is 19. The SMILES string of the molecule is COC(=O)CC[C@@H]1NC(=O)[C@H](Cc2ccccc2)NC(=O)[C@@H]2CC(=O)O[C@H](C)[C@H](NC(=O)[C@H](CO)NC(=O)[C@H](Cc3ccccc3)NC(C)=O)C(=O)N[C@@H](Cc3ccc(O)cc3)C(=O)N[C@@H](CCCCNC(=O)C[C@@H](C(=O)N[C@@H](Cc3ccc(O)cc3)C(=O)O)NC1=O)C(=O)N[C@@H](Cc1ccc(O)cc1)C(=O)N1CCC[C@H]1C(=O)N[C@@H](CO)C(=O)N2. The predicted molar refractivity (Wildman–Crippen MR) is 424 cm³/mol. The Morgan fingerprint density at radius 2 is 1.00 bits per heavy atom. The Bertz CT molecular complexity index is 4530. The van der Waals surface area contributed by atoms with Crippen molar-refractivity contribution in [2.24, 2.45) is 0 Å². The standard InChI is InChI=1S/C82H100N14O25/c1-44-69(95-78(114)64(43-98)93-72(108)56(84-45(2)99)35-46-13-6-4-7-14-46)80(116)90-58(37-48-19-25-51(100)26-20-48)74(110)85-54-17-10-11-33-83-66(103)40-59(75(111)92-62(82(118)119)39-50-23-29-53(102)30-24-50)88-71(107)55(31-32-67(104)120-3)86-73(109)57(36-47-15-8-5-9-16-47)87-76(112)60(41-68(105)121-44)89-77(113)63(42-97)94-79(115)65-18-12-34-96(65)81(117)61(91-70(54)106)38-49-21-27-52(101)28-22-49/h4-9,13-16,19-30,44,54-65,69,97-98,100-102H,10-12,17-18,31-43H2,1-3H3,(H,83,103)(H,84,99)(H,85,110)(H,86,109)(H,87,112)(H,88,107)(H,89,113)(H,90,116)(H,91,106)(H,92,111)(H,93,108)(H,94,115)(H,95,114)(H,118,119)/t44-,54+,55+,56+,57+,58+,59+,60+,61+,62+,63+,64+,65+,69+/m1/s1. The van der Waals surface area contributed by atoms with Crippen LogP contribution in [0.2, 0.25) is 0 Å². The number of aromatic hydroxyl groups is 3. The van der Waals surface area contributed by atoms with Crippen LogP contribution in [0, 0.1) is 0 Å². The van der Waals surface area contributed by atoms with Crippen LogP contribution in [0.3, 0.4) is 0 Å². The average molecular weight is 1680 g/mol. The molecule has 0 radical (unpaired) electrons. The highest BCUT2D eigenvalue weighted by molar-refractivity contribution is 6.02. The smallest absolute Gasteiger partial charge is 0.326 e. The van der Waals surface area contributed by atoms with Crippen molar-refractivity contribution in [2.75, 3.05) is 33.4 Å². The number of fused-ring (bicyclic) bond motifs is 12. The summed E-state index contributed by atoms with van der Waals surface area (Å²) in [5.41, 5.74) is 1.66. The van der Waals surface area contributed by atoms with E-state index in [1.807, 2.05) is 0 Å². The second-order valence-electron chi connectivity index (χ2n) is 29.3. The molecule has 3 fully saturated rings. The van der Waals surface area contributed by atoms with Gasteiger partial charge in [0.05, 0.1) is 33.2 Å². The highest BCUT2D eigenvalue weighted by Crippen LogP contribution is 2.23. The van der Waals surface area contributed by atoms with E-state index in [1.165, 1.54) is 97.1 Å². The fourth-order valence-electron chi connectivity index (χ4n) is 13.6. The number of esters is 2. The Balaban J connectivity index is 1.29. The molecule has 14 amide bonds. The summed E-state index contributed by atoms with van der Waals surface area (Å²) in [7, 11) is 1.01. The third-order valence-corrected chi connectivity index (χ3v) is 20.1. The Hall–Kier alpha value is -13.6. The van der Waals surface area contributed by atoms with Gasteiger partial charge in [0, 0.05) is 58.5 Å². The van der Waals surface area contributed by atoms with Crippen molar-refractivity contribution in [3.05, 3.63) is 161 Å². The van der Waals surface area contributed by atoms with Crippen LogP contribution in [0.1, 0.15) is 99.5 Å². The number of nitrogens with one attached hydrogen (secondary N) is 13. The number of phenolic OH excluding ortho intramolecular Hbond substituents is 3. The van der Waals surface area contributed by atoms with Gasteiger partial charge in [-0.05, 0) is 110 Å². The first-order valence-corrected chi connectivity index (χ1v) is 39.1. The molecule has 3 saturated heterocycles. The van der Waals surface area contributed by atoms with E-state index in [0.29, 0.717) is 16.7 Å². The largest absolute Gasteiger partial charge is 0.508 e. The second kappa shape index (κ2) is 45.4. The Morgan fingerprint density at radius 3 is 1.58 bits per heavy atom. The number of amides is 14. The quantitative estimate of drug-likeness (QED) is 0.0279. The lowest BCUT2D eigenvalue weighted by molar-refractivity contribution is -0.154. The molecule has 5 aromatic carbocycles. The number of aliphatic carboxylic acids is 1. The maximum absolute atomic E-state index is 15.5. The normalized spacial score (nSPS) is 23.1. The lowest BCUT2D eigenvalue weighted by atomic mass is 10.0. The minimum Gasteiger partial charge on any atom is -0.508 e. The fraction of sp³-hybridized carbons (Fsp3) is 0.427. The maximum atomic E-state index is 15.5. The molecule has 3 aliphatic heterocycles. The van der Waals surface area contributed by atoms with Crippen LogP contribution in [0.5, 0.6) is 17.2 Å². The molecule has 14 atom stereocenters. The van der Waals surface area contributed by atoms with Gasteiger partial charge in [-0.3, -0.25) is 76.7 Å². The molecule has 2 bridgehead atoms. The van der Waals surface area contributed by atoms with Gasteiger partial charge >= 0.3 is 17.9 Å². The van der Waals surface area contributed by atoms with Crippen LogP contribution in [0.4, 0.5) is 0 Å². The van der Waals surface area contributed by atoms with E-state index < -0.39 is 250 Å². The summed E-state index contributed by atoms with van der Waals surface area (Å²) in [4.78, 5) is 249. The summed E-state index contributed by atoms with van der Waals surface area (Å²) in [6, 6.07) is 7.24. The second-order valence-corrected chi connectivity index (χ2v) is 29.3. The summed E-state index contributed by atoms with van der Waals surface area (Å²) in [5.74, 6) is -21.2. The molecule has 0 saturated carbocycles. The van der Waals surface area contributed by atoms with E-state index in [4.69, 9.17) is 9.47 Å². The summed E-state index contributed by atoms with van der Waals surface area (Å²) in [6.07, 6.45) is -8.26. The van der Waals surface area contributed by atoms with E-state index in [-0.39, 0.29) is 80.0 Å². The molecule has 39 nitrogen and oxygen atoms in total. The highest BCUT2D eigenvalue weighted by atomic mass is 16.5. The summed E-state index contributed by atoms with van der Waals surface area (Å²) >= 11 is 0. The lowest BCUT2D eigenvalue weighted by Gasteiger charge is -2.31. The fourth-order valence-corrected chi connectivity index (χ4v) is 13.6. The van der Waals surface area contributed by atoms with Crippen molar-refractivity contribution in [3.63, 3.8) is 0 Å². The number of nitrogens with zero attached hydrogens (tertiary/aromatic N) is 1. The van der Waals surface area contributed by atoms with Gasteiger partial charge in [0.25, 0.3) is 0 Å². The molecule has 648 valence electrons. The molecule has 5 aromatic rings.